The van der Waals surface area contributed by atoms with Gasteiger partial charge in [-0.2, -0.15) is 0 Å². The molecule has 1 aliphatic rings. The zero-order valence-corrected chi connectivity index (χ0v) is 13.4. The molecule has 1 aliphatic heterocycles. The highest BCUT2D eigenvalue weighted by atomic mass is 16.3. The van der Waals surface area contributed by atoms with Crippen molar-refractivity contribution in [2.24, 2.45) is 0 Å². The lowest BCUT2D eigenvalue weighted by Gasteiger charge is -2.38. The molecule has 1 atom stereocenters. The number of β-amino-alcohol motifs (C(OH)–C–C–N with tert-alkyl or cyclic N) is 1. The van der Waals surface area contributed by atoms with Crippen molar-refractivity contribution in [1.82, 2.24) is 9.88 Å². The maximum absolute atomic E-state index is 12.3. The van der Waals surface area contributed by atoms with Gasteiger partial charge in [-0.15, -0.1) is 0 Å². The van der Waals surface area contributed by atoms with Crippen molar-refractivity contribution in [1.29, 1.82) is 0 Å². The molecule has 1 aromatic heterocycles. The van der Waals surface area contributed by atoms with Crippen LogP contribution in [0, 0.1) is 6.92 Å². The molecule has 0 amide bonds. The van der Waals surface area contributed by atoms with Crippen LogP contribution in [0.5, 0.6) is 0 Å². The summed E-state index contributed by atoms with van der Waals surface area (Å²) < 4.78 is 0. The summed E-state index contributed by atoms with van der Waals surface area (Å²) in [5.74, 6) is 0. The Balaban J connectivity index is 1.87. The van der Waals surface area contributed by atoms with Crippen LogP contribution < -0.4 is 5.56 Å². The average Bonchev–Trinajstić information content (AvgIpc) is 2.49. The van der Waals surface area contributed by atoms with Crippen LogP contribution in [-0.2, 0) is 6.54 Å². The fourth-order valence-corrected chi connectivity index (χ4v) is 3.36. The zero-order chi connectivity index (χ0) is 15.7. The van der Waals surface area contributed by atoms with E-state index in [4.69, 9.17) is 0 Å². The lowest BCUT2D eigenvalue weighted by molar-refractivity contribution is -0.0358. The zero-order valence-electron chi connectivity index (χ0n) is 13.4. The number of H-pyrrole nitrogens is 1. The molecule has 1 aromatic carbocycles. The van der Waals surface area contributed by atoms with E-state index in [9.17, 15) is 9.90 Å². The largest absolute Gasteiger partial charge is 0.389 e. The number of aryl methyl sites for hydroxylation is 1. The van der Waals surface area contributed by atoms with Crippen LogP contribution in [0.15, 0.2) is 29.1 Å². The summed E-state index contributed by atoms with van der Waals surface area (Å²) in [6, 6.07) is 8.03. The van der Waals surface area contributed by atoms with Gasteiger partial charge >= 0.3 is 0 Å². The molecule has 118 valence electrons. The normalized spacial score (nSPS) is 23.0. The number of benzene rings is 1. The van der Waals surface area contributed by atoms with Crippen molar-refractivity contribution in [2.75, 3.05) is 13.1 Å². The highest BCUT2D eigenvalue weighted by molar-refractivity contribution is 5.79. The van der Waals surface area contributed by atoms with E-state index in [0.717, 1.165) is 42.3 Å². The van der Waals surface area contributed by atoms with Crippen LogP contribution >= 0.6 is 0 Å². The van der Waals surface area contributed by atoms with E-state index < -0.39 is 5.60 Å². The van der Waals surface area contributed by atoms with E-state index in [1.54, 1.807) is 0 Å². The number of aromatic nitrogens is 1. The number of rotatable bonds is 3. The predicted molar refractivity (Wildman–Crippen MR) is 89.1 cm³/mol. The maximum Gasteiger partial charge on any atom is 0.252 e. The highest BCUT2D eigenvalue weighted by Gasteiger charge is 2.31. The highest BCUT2D eigenvalue weighted by Crippen LogP contribution is 2.25. The number of fused-ring (bicyclic) bond motifs is 1. The molecule has 0 radical (unpaired) electrons. The van der Waals surface area contributed by atoms with Gasteiger partial charge in [0.05, 0.1) is 5.60 Å². The first-order chi connectivity index (χ1) is 10.5. The number of aliphatic hydroxyl groups is 1. The molecule has 2 aromatic rings. The molecule has 2 N–H and O–H groups in total. The second kappa shape index (κ2) is 5.86. The number of aromatic amines is 1. The molecule has 2 heterocycles. The van der Waals surface area contributed by atoms with E-state index in [2.05, 4.69) is 22.9 Å². The Morgan fingerprint density at radius 3 is 2.95 bits per heavy atom. The van der Waals surface area contributed by atoms with E-state index in [1.807, 2.05) is 25.1 Å². The molecule has 22 heavy (non-hydrogen) atoms. The Morgan fingerprint density at radius 1 is 1.36 bits per heavy atom. The lowest BCUT2D eigenvalue weighted by atomic mass is 9.90. The molecule has 3 rings (SSSR count). The molecule has 0 saturated carbocycles. The van der Waals surface area contributed by atoms with Gasteiger partial charge in [0, 0.05) is 24.2 Å². The second-order valence-corrected chi connectivity index (χ2v) is 6.61. The Bertz CT molecular complexity index is 737. The molecule has 1 saturated heterocycles. The Morgan fingerprint density at radius 2 is 2.18 bits per heavy atom. The number of hydrogen-bond donors (Lipinski definition) is 2. The van der Waals surface area contributed by atoms with Gasteiger partial charge in [-0.3, -0.25) is 9.69 Å². The molecule has 0 spiro atoms. The van der Waals surface area contributed by atoms with Crippen molar-refractivity contribution in [3.8, 4) is 0 Å². The Hall–Kier alpha value is -1.65. The monoisotopic (exact) mass is 300 g/mol. The minimum absolute atomic E-state index is 0.0260. The van der Waals surface area contributed by atoms with Crippen molar-refractivity contribution in [3.05, 3.63) is 45.7 Å². The number of nitrogens with one attached hydrogen (secondary N) is 1. The number of likely N-dealkylation sites (tertiary alicyclic amines) is 1. The van der Waals surface area contributed by atoms with Gasteiger partial charge in [-0.25, -0.2) is 0 Å². The topological polar surface area (TPSA) is 56.3 Å². The standard InChI is InChI=1S/C18H24N2O2/c1-3-18(22)7-4-8-20(12-18)11-15-10-14-9-13(2)5-6-16(14)19-17(15)21/h5-6,9-10,22H,3-4,7-8,11-12H2,1-2H3,(H,19,21)/t18-/m1/s1. The maximum atomic E-state index is 12.3. The van der Waals surface area contributed by atoms with Gasteiger partial charge in [-0.05, 0) is 56.3 Å². The third-order valence-corrected chi connectivity index (χ3v) is 4.76. The second-order valence-electron chi connectivity index (χ2n) is 6.61. The average molecular weight is 300 g/mol. The van der Waals surface area contributed by atoms with Gasteiger partial charge < -0.3 is 10.1 Å². The minimum atomic E-state index is -0.599. The van der Waals surface area contributed by atoms with Crippen LogP contribution in [0.25, 0.3) is 10.9 Å². The first kappa shape index (κ1) is 15.3. The Kier molecular flexibility index (Phi) is 4.06. The van der Waals surface area contributed by atoms with E-state index in [1.165, 1.54) is 5.56 Å². The third-order valence-electron chi connectivity index (χ3n) is 4.76. The number of pyridine rings is 1. The SMILES string of the molecule is CC[C@@]1(O)CCCN(Cc2cc3cc(C)ccc3[nH]c2=O)C1. The van der Waals surface area contributed by atoms with Crippen molar-refractivity contribution >= 4 is 10.9 Å². The summed E-state index contributed by atoms with van der Waals surface area (Å²) in [4.78, 5) is 17.4. The van der Waals surface area contributed by atoms with Crippen LogP contribution in [0.4, 0.5) is 0 Å². The van der Waals surface area contributed by atoms with Crippen LogP contribution in [0.3, 0.4) is 0 Å². The van der Waals surface area contributed by atoms with Crippen LogP contribution in [0.2, 0.25) is 0 Å². The van der Waals surface area contributed by atoms with Gasteiger partial charge in [0.2, 0.25) is 0 Å². The fraction of sp³-hybridized carbons (Fsp3) is 0.500. The van der Waals surface area contributed by atoms with E-state index in [0.29, 0.717) is 13.1 Å². The fourth-order valence-electron chi connectivity index (χ4n) is 3.36. The van der Waals surface area contributed by atoms with Crippen LogP contribution in [0.1, 0.15) is 37.3 Å². The van der Waals surface area contributed by atoms with Gasteiger partial charge in [-0.1, -0.05) is 18.6 Å². The minimum Gasteiger partial charge on any atom is -0.389 e. The summed E-state index contributed by atoms with van der Waals surface area (Å²) in [5, 5.41) is 11.5. The molecule has 0 aliphatic carbocycles. The van der Waals surface area contributed by atoms with Crippen molar-refractivity contribution in [3.63, 3.8) is 0 Å². The summed E-state index contributed by atoms with van der Waals surface area (Å²) >= 11 is 0. The summed E-state index contributed by atoms with van der Waals surface area (Å²) in [6.45, 7) is 6.26. The lowest BCUT2D eigenvalue weighted by Crippen LogP contribution is -2.47. The first-order valence-corrected chi connectivity index (χ1v) is 8.06. The van der Waals surface area contributed by atoms with Gasteiger partial charge in [0.25, 0.3) is 5.56 Å². The van der Waals surface area contributed by atoms with Crippen molar-refractivity contribution < 1.29 is 5.11 Å². The quantitative estimate of drug-likeness (QED) is 0.916. The third kappa shape index (κ3) is 3.08. The molecular formula is C18H24N2O2. The Labute approximate surface area is 130 Å². The van der Waals surface area contributed by atoms with Gasteiger partial charge in [0.15, 0.2) is 0 Å². The summed E-state index contributed by atoms with van der Waals surface area (Å²) in [7, 11) is 0. The molecule has 4 nitrogen and oxygen atoms in total. The molecular weight excluding hydrogens is 276 g/mol. The van der Waals surface area contributed by atoms with E-state index >= 15 is 0 Å². The molecule has 0 unspecified atom stereocenters. The predicted octanol–water partition coefficient (Wildman–Crippen LogP) is 2.57. The summed E-state index contributed by atoms with van der Waals surface area (Å²) in [6.07, 6.45) is 2.60. The molecule has 4 heteroatoms. The molecule has 0 bridgehead atoms. The van der Waals surface area contributed by atoms with Gasteiger partial charge in [0.1, 0.15) is 0 Å². The summed E-state index contributed by atoms with van der Waals surface area (Å²) in [5.41, 5.74) is 2.21. The van der Waals surface area contributed by atoms with Crippen LogP contribution in [-0.4, -0.2) is 33.7 Å². The number of hydrogen-bond acceptors (Lipinski definition) is 3. The number of piperidine rings is 1. The smallest absolute Gasteiger partial charge is 0.252 e. The van der Waals surface area contributed by atoms with Crippen molar-refractivity contribution in [2.45, 2.75) is 45.3 Å². The molecule has 1 fully saturated rings. The van der Waals surface area contributed by atoms with E-state index in [-0.39, 0.29) is 5.56 Å². The number of nitrogens with zero attached hydrogens (tertiary/aromatic N) is 1. The first-order valence-electron chi connectivity index (χ1n) is 8.06.